The molecule has 0 aromatic rings. The van der Waals surface area contributed by atoms with E-state index < -0.39 is 18.3 Å². The zero-order valence-electron chi connectivity index (χ0n) is 12.2. The minimum Gasteiger partial charge on any atom is -0.389 e. The highest BCUT2D eigenvalue weighted by Gasteiger charge is 2.32. The SMILES string of the molecule is COCCC(C)(O)CNC1CCN(CC(F)(F)F)CC1. The second kappa shape index (κ2) is 7.59. The molecule has 1 atom stereocenters. The molecule has 0 bridgehead atoms. The number of nitrogens with one attached hydrogen (secondary N) is 1. The quantitative estimate of drug-likeness (QED) is 0.745. The first-order chi connectivity index (χ1) is 9.22. The van der Waals surface area contributed by atoms with Gasteiger partial charge in [0.15, 0.2) is 0 Å². The minimum atomic E-state index is -4.12. The van der Waals surface area contributed by atoms with Crippen LogP contribution in [0.25, 0.3) is 0 Å². The van der Waals surface area contributed by atoms with Crippen LogP contribution >= 0.6 is 0 Å². The monoisotopic (exact) mass is 298 g/mol. The van der Waals surface area contributed by atoms with Crippen LogP contribution in [0.5, 0.6) is 0 Å². The number of methoxy groups -OCH3 is 1. The molecule has 1 rings (SSSR count). The standard InChI is InChI=1S/C13H25F3N2O2/c1-12(19,5-8-20-2)9-17-11-3-6-18(7-4-11)10-13(14,15)16/h11,17,19H,3-10H2,1-2H3. The average molecular weight is 298 g/mol. The highest BCUT2D eigenvalue weighted by atomic mass is 19.4. The fourth-order valence-electron chi connectivity index (χ4n) is 2.32. The van der Waals surface area contributed by atoms with Crippen molar-refractivity contribution in [1.29, 1.82) is 0 Å². The highest BCUT2D eigenvalue weighted by molar-refractivity contribution is 4.82. The summed E-state index contributed by atoms with van der Waals surface area (Å²) in [5.74, 6) is 0. The number of rotatable bonds is 7. The van der Waals surface area contributed by atoms with E-state index in [-0.39, 0.29) is 6.04 Å². The molecule has 20 heavy (non-hydrogen) atoms. The molecular formula is C13H25F3N2O2. The van der Waals surface area contributed by atoms with E-state index in [0.717, 1.165) is 0 Å². The number of likely N-dealkylation sites (tertiary alicyclic amines) is 1. The first-order valence-electron chi connectivity index (χ1n) is 6.96. The third kappa shape index (κ3) is 7.42. The molecule has 1 fully saturated rings. The number of piperidine rings is 1. The van der Waals surface area contributed by atoms with Crippen LogP contribution in [0.1, 0.15) is 26.2 Å². The van der Waals surface area contributed by atoms with Crippen LogP contribution in [-0.4, -0.2) is 67.7 Å². The van der Waals surface area contributed by atoms with Gasteiger partial charge in [-0.25, -0.2) is 0 Å². The molecule has 0 aromatic heterocycles. The molecule has 2 N–H and O–H groups in total. The lowest BCUT2D eigenvalue weighted by molar-refractivity contribution is -0.148. The molecule has 0 amide bonds. The lowest BCUT2D eigenvalue weighted by Gasteiger charge is -2.34. The Balaban J connectivity index is 2.22. The molecule has 4 nitrogen and oxygen atoms in total. The van der Waals surface area contributed by atoms with E-state index in [4.69, 9.17) is 4.74 Å². The molecular weight excluding hydrogens is 273 g/mol. The van der Waals surface area contributed by atoms with Crippen molar-refractivity contribution in [2.45, 2.75) is 44.0 Å². The Bertz CT molecular complexity index is 277. The molecule has 1 aliphatic rings. The van der Waals surface area contributed by atoms with Gasteiger partial charge in [0, 0.05) is 32.7 Å². The van der Waals surface area contributed by atoms with Crippen molar-refractivity contribution in [2.24, 2.45) is 0 Å². The number of halogens is 3. The van der Waals surface area contributed by atoms with Gasteiger partial charge in [0.05, 0.1) is 12.1 Å². The van der Waals surface area contributed by atoms with Gasteiger partial charge in [-0.1, -0.05) is 0 Å². The number of aliphatic hydroxyl groups is 1. The number of alkyl halides is 3. The third-order valence-electron chi connectivity index (χ3n) is 3.61. The number of hydrogen-bond acceptors (Lipinski definition) is 4. The molecule has 0 aromatic carbocycles. The molecule has 0 saturated carbocycles. The maximum atomic E-state index is 12.3. The van der Waals surface area contributed by atoms with Gasteiger partial charge in [-0.15, -0.1) is 0 Å². The van der Waals surface area contributed by atoms with Crippen LogP contribution in [0.3, 0.4) is 0 Å². The van der Waals surface area contributed by atoms with E-state index in [1.54, 1.807) is 14.0 Å². The van der Waals surface area contributed by atoms with Crippen LogP contribution in [0.15, 0.2) is 0 Å². The highest BCUT2D eigenvalue weighted by Crippen LogP contribution is 2.20. The summed E-state index contributed by atoms with van der Waals surface area (Å²) >= 11 is 0. The smallest absolute Gasteiger partial charge is 0.389 e. The van der Waals surface area contributed by atoms with Gasteiger partial charge in [-0.05, 0) is 32.9 Å². The summed E-state index contributed by atoms with van der Waals surface area (Å²) in [6, 6.07) is 0.175. The van der Waals surface area contributed by atoms with Crippen molar-refractivity contribution >= 4 is 0 Å². The van der Waals surface area contributed by atoms with Crippen molar-refractivity contribution < 1.29 is 23.0 Å². The van der Waals surface area contributed by atoms with E-state index in [9.17, 15) is 18.3 Å². The maximum Gasteiger partial charge on any atom is 0.401 e. The van der Waals surface area contributed by atoms with E-state index >= 15 is 0 Å². The predicted octanol–water partition coefficient (Wildman–Crippen LogP) is 1.39. The van der Waals surface area contributed by atoms with Crippen LogP contribution in [0, 0.1) is 0 Å². The minimum absolute atomic E-state index is 0.175. The van der Waals surface area contributed by atoms with Gasteiger partial charge in [0.25, 0.3) is 0 Å². The van der Waals surface area contributed by atoms with E-state index in [1.165, 1.54) is 4.90 Å². The first kappa shape index (κ1) is 17.7. The molecule has 0 aliphatic carbocycles. The summed E-state index contributed by atoms with van der Waals surface area (Å²) in [4.78, 5) is 1.43. The van der Waals surface area contributed by atoms with E-state index in [2.05, 4.69) is 5.32 Å². The zero-order valence-corrected chi connectivity index (χ0v) is 12.2. The zero-order chi connectivity index (χ0) is 15.2. The second-order valence-corrected chi connectivity index (χ2v) is 5.79. The van der Waals surface area contributed by atoms with Gasteiger partial charge in [0.1, 0.15) is 0 Å². The van der Waals surface area contributed by atoms with Gasteiger partial charge in [0.2, 0.25) is 0 Å². The van der Waals surface area contributed by atoms with Crippen molar-refractivity contribution in [2.75, 3.05) is 39.9 Å². The Morgan fingerprint density at radius 3 is 2.40 bits per heavy atom. The summed E-state index contributed by atoms with van der Waals surface area (Å²) < 4.78 is 41.7. The van der Waals surface area contributed by atoms with E-state index in [1.807, 2.05) is 0 Å². The van der Waals surface area contributed by atoms with Gasteiger partial charge >= 0.3 is 6.18 Å². The topological polar surface area (TPSA) is 44.7 Å². The van der Waals surface area contributed by atoms with Crippen LogP contribution in [0.2, 0.25) is 0 Å². The molecule has 120 valence electrons. The molecule has 1 heterocycles. The largest absolute Gasteiger partial charge is 0.401 e. The summed E-state index contributed by atoms with van der Waals surface area (Å²) in [7, 11) is 1.58. The Morgan fingerprint density at radius 1 is 1.30 bits per heavy atom. The van der Waals surface area contributed by atoms with Crippen molar-refractivity contribution in [3.05, 3.63) is 0 Å². The Hall–Kier alpha value is -0.370. The molecule has 1 unspecified atom stereocenters. The lowest BCUT2D eigenvalue weighted by Crippen LogP contribution is -2.49. The number of nitrogens with zero attached hydrogens (tertiary/aromatic N) is 1. The molecule has 1 saturated heterocycles. The summed E-state index contributed by atoms with van der Waals surface area (Å²) in [6.45, 7) is 2.71. The van der Waals surface area contributed by atoms with E-state index in [0.29, 0.717) is 45.5 Å². The maximum absolute atomic E-state index is 12.3. The summed E-state index contributed by atoms with van der Waals surface area (Å²) in [5, 5.41) is 13.3. The van der Waals surface area contributed by atoms with Crippen LogP contribution in [0.4, 0.5) is 13.2 Å². The Labute approximate surface area is 118 Å². The Kier molecular flexibility index (Phi) is 6.71. The molecule has 1 aliphatic heterocycles. The van der Waals surface area contributed by atoms with Crippen molar-refractivity contribution in [3.63, 3.8) is 0 Å². The molecule has 7 heteroatoms. The van der Waals surface area contributed by atoms with Crippen LogP contribution < -0.4 is 5.32 Å². The van der Waals surface area contributed by atoms with Crippen LogP contribution in [-0.2, 0) is 4.74 Å². The predicted molar refractivity (Wildman–Crippen MR) is 70.6 cm³/mol. The van der Waals surface area contributed by atoms with Crippen molar-refractivity contribution in [1.82, 2.24) is 10.2 Å². The van der Waals surface area contributed by atoms with Gasteiger partial charge < -0.3 is 15.2 Å². The number of ether oxygens (including phenoxy) is 1. The molecule has 0 spiro atoms. The first-order valence-corrected chi connectivity index (χ1v) is 6.96. The summed E-state index contributed by atoms with van der Waals surface area (Å²) in [5.41, 5.74) is -0.848. The lowest BCUT2D eigenvalue weighted by atomic mass is 10.00. The van der Waals surface area contributed by atoms with Gasteiger partial charge in [-0.2, -0.15) is 13.2 Å². The Morgan fingerprint density at radius 2 is 1.90 bits per heavy atom. The fourth-order valence-corrected chi connectivity index (χ4v) is 2.32. The fraction of sp³-hybridized carbons (Fsp3) is 1.00. The van der Waals surface area contributed by atoms with Gasteiger partial charge in [-0.3, -0.25) is 4.90 Å². The molecule has 0 radical (unpaired) electrons. The summed E-state index contributed by atoms with van der Waals surface area (Å²) in [6.07, 6.45) is -2.24. The second-order valence-electron chi connectivity index (χ2n) is 5.79. The average Bonchev–Trinajstić information content (AvgIpc) is 2.34. The third-order valence-corrected chi connectivity index (χ3v) is 3.61. The normalized spacial score (nSPS) is 21.9. The number of hydrogen-bond donors (Lipinski definition) is 2. The van der Waals surface area contributed by atoms with Crippen molar-refractivity contribution in [3.8, 4) is 0 Å².